The lowest BCUT2D eigenvalue weighted by Crippen LogP contribution is -2.38. The van der Waals surface area contributed by atoms with E-state index in [1.165, 1.54) is 12.8 Å². The molecule has 1 aromatic carbocycles. The van der Waals surface area contributed by atoms with Crippen LogP contribution in [0.4, 0.5) is 0 Å². The zero-order valence-electron chi connectivity index (χ0n) is 10.7. The molecule has 0 heterocycles. The molecule has 1 fully saturated rings. The smallest absolute Gasteiger partial charge is 0.119 e. The maximum atomic E-state index is 9.74. The lowest BCUT2D eigenvalue weighted by atomic mass is 9.78. The van der Waals surface area contributed by atoms with Crippen molar-refractivity contribution in [1.29, 1.82) is 0 Å². The van der Waals surface area contributed by atoms with E-state index in [-0.39, 0.29) is 12.0 Å². The molecule has 1 unspecified atom stereocenters. The largest absolute Gasteiger partial charge is 0.497 e. The first-order valence-corrected chi connectivity index (χ1v) is 7.08. The molecule has 100 valence electrons. The zero-order chi connectivity index (χ0) is 13.2. The summed E-state index contributed by atoms with van der Waals surface area (Å²) in [6.07, 6.45) is 3.15. The highest BCUT2D eigenvalue weighted by Gasteiger charge is 2.44. The maximum Gasteiger partial charge on any atom is 0.119 e. The Labute approximate surface area is 116 Å². The number of hydrogen-bond donors (Lipinski definition) is 2. The molecule has 1 atom stereocenters. The van der Waals surface area contributed by atoms with Crippen LogP contribution in [0, 0.1) is 11.3 Å². The number of benzene rings is 1. The highest BCUT2D eigenvalue weighted by atomic mass is 79.9. The van der Waals surface area contributed by atoms with E-state index in [2.05, 4.69) is 15.9 Å². The van der Waals surface area contributed by atoms with Crippen LogP contribution in [0.2, 0.25) is 0 Å². The van der Waals surface area contributed by atoms with Gasteiger partial charge in [0.15, 0.2) is 0 Å². The molecular weight excluding hydrogens is 294 g/mol. The van der Waals surface area contributed by atoms with Crippen molar-refractivity contribution in [1.82, 2.24) is 0 Å². The fraction of sp³-hybridized carbons (Fsp3) is 0.571. The van der Waals surface area contributed by atoms with Gasteiger partial charge in [-0.05, 0) is 48.9 Å². The number of aliphatic hydroxyl groups excluding tert-OH is 1. The summed E-state index contributed by atoms with van der Waals surface area (Å²) in [5, 5.41) is 9.74. The summed E-state index contributed by atoms with van der Waals surface area (Å²) in [4.78, 5) is 0. The number of aliphatic hydroxyl groups is 1. The number of ether oxygens (including phenoxy) is 1. The van der Waals surface area contributed by atoms with Gasteiger partial charge < -0.3 is 15.6 Å². The Bertz CT molecular complexity index is 414. The average Bonchev–Trinajstić information content (AvgIpc) is 3.23. The van der Waals surface area contributed by atoms with Crippen molar-refractivity contribution in [2.45, 2.75) is 19.3 Å². The van der Waals surface area contributed by atoms with Crippen LogP contribution in [0.25, 0.3) is 0 Å². The molecule has 1 aliphatic carbocycles. The van der Waals surface area contributed by atoms with Crippen molar-refractivity contribution < 1.29 is 9.84 Å². The monoisotopic (exact) mass is 313 g/mol. The number of hydrogen-bond acceptors (Lipinski definition) is 3. The Morgan fingerprint density at radius 1 is 1.50 bits per heavy atom. The van der Waals surface area contributed by atoms with Crippen molar-refractivity contribution in [3.8, 4) is 5.75 Å². The lowest BCUT2D eigenvalue weighted by molar-refractivity contribution is 0.109. The predicted octanol–water partition coefficient (Wildman–Crippen LogP) is 2.35. The number of halogens is 1. The molecule has 0 aromatic heterocycles. The van der Waals surface area contributed by atoms with Gasteiger partial charge in [-0.2, -0.15) is 0 Å². The molecule has 0 radical (unpaired) electrons. The second-order valence-corrected chi connectivity index (χ2v) is 5.99. The van der Waals surface area contributed by atoms with E-state index in [0.717, 1.165) is 22.2 Å². The van der Waals surface area contributed by atoms with Gasteiger partial charge in [-0.1, -0.05) is 15.9 Å². The maximum absolute atomic E-state index is 9.74. The molecule has 3 nitrogen and oxygen atoms in total. The van der Waals surface area contributed by atoms with Crippen LogP contribution in [-0.2, 0) is 6.42 Å². The molecule has 3 N–H and O–H groups in total. The van der Waals surface area contributed by atoms with Gasteiger partial charge in [-0.3, -0.25) is 0 Å². The van der Waals surface area contributed by atoms with Crippen molar-refractivity contribution in [2.24, 2.45) is 17.1 Å². The van der Waals surface area contributed by atoms with Gasteiger partial charge in [-0.25, -0.2) is 0 Å². The van der Waals surface area contributed by atoms with E-state index in [4.69, 9.17) is 10.5 Å². The minimum absolute atomic E-state index is 0.151. The summed E-state index contributed by atoms with van der Waals surface area (Å²) in [5.74, 6) is 1.40. The molecule has 1 aliphatic rings. The van der Waals surface area contributed by atoms with Crippen LogP contribution < -0.4 is 10.5 Å². The van der Waals surface area contributed by atoms with Crippen LogP contribution in [0.15, 0.2) is 22.7 Å². The van der Waals surface area contributed by atoms with E-state index < -0.39 is 0 Å². The molecule has 2 rings (SSSR count). The third kappa shape index (κ3) is 2.71. The van der Waals surface area contributed by atoms with E-state index in [9.17, 15) is 5.11 Å². The van der Waals surface area contributed by atoms with Crippen LogP contribution >= 0.6 is 15.9 Å². The molecular formula is C14H20BrNO2. The highest BCUT2D eigenvalue weighted by Crippen LogP contribution is 2.47. The molecule has 1 saturated carbocycles. The summed E-state index contributed by atoms with van der Waals surface area (Å²) in [7, 11) is 1.66. The summed E-state index contributed by atoms with van der Waals surface area (Å²) >= 11 is 3.56. The SMILES string of the molecule is COc1ccc(Br)c(CC(CN)(CO)C2CC2)c1. The average molecular weight is 314 g/mol. The summed E-state index contributed by atoms with van der Waals surface area (Å²) in [6, 6.07) is 5.93. The molecule has 0 spiro atoms. The van der Waals surface area contributed by atoms with Gasteiger partial charge in [0.1, 0.15) is 5.75 Å². The molecule has 1 aromatic rings. The highest BCUT2D eigenvalue weighted by molar-refractivity contribution is 9.10. The van der Waals surface area contributed by atoms with Gasteiger partial charge in [0.2, 0.25) is 0 Å². The van der Waals surface area contributed by atoms with E-state index in [0.29, 0.717) is 12.5 Å². The number of nitrogens with two attached hydrogens (primary N) is 1. The summed E-state index contributed by atoms with van der Waals surface area (Å²) in [5.41, 5.74) is 6.90. The topological polar surface area (TPSA) is 55.5 Å². The summed E-state index contributed by atoms with van der Waals surface area (Å²) in [6.45, 7) is 0.676. The molecule has 18 heavy (non-hydrogen) atoms. The molecule has 0 bridgehead atoms. The Morgan fingerprint density at radius 3 is 2.72 bits per heavy atom. The van der Waals surface area contributed by atoms with Crippen molar-refractivity contribution in [2.75, 3.05) is 20.3 Å². The minimum atomic E-state index is -0.172. The second kappa shape index (κ2) is 5.59. The Morgan fingerprint density at radius 2 is 2.22 bits per heavy atom. The van der Waals surface area contributed by atoms with Gasteiger partial charge in [0.25, 0.3) is 0 Å². The van der Waals surface area contributed by atoms with E-state index in [1.807, 2.05) is 18.2 Å². The molecule has 4 heteroatoms. The van der Waals surface area contributed by atoms with Gasteiger partial charge in [0, 0.05) is 16.4 Å². The normalized spacial score (nSPS) is 18.4. The molecule has 0 saturated heterocycles. The molecule has 0 aliphatic heterocycles. The fourth-order valence-electron chi connectivity index (χ4n) is 2.52. The Hall–Kier alpha value is -0.580. The standard InChI is InChI=1S/C14H20BrNO2/c1-18-12-4-5-13(15)10(6-12)7-14(8-16,9-17)11-2-3-11/h4-6,11,17H,2-3,7-9,16H2,1H3. The van der Waals surface area contributed by atoms with Crippen molar-refractivity contribution in [3.05, 3.63) is 28.2 Å². The second-order valence-electron chi connectivity index (χ2n) is 5.13. The Balaban J connectivity index is 2.25. The number of methoxy groups -OCH3 is 1. The van der Waals surface area contributed by atoms with E-state index in [1.54, 1.807) is 7.11 Å². The first-order valence-electron chi connectivity index (χ1n) is 6.28. The summed E-state index contributed by atoms with van der Waals surface area (Å²) < 4.78 is 6.30. The first-order chi connectivity index (χ1) is 8.65. The van der Waals surface area contributed by atoms with Gasteiger partial charge in [0.05, 0.1) is 13.7 Å². The third-order valence-electron chi connectivity index (χ3n) is 3.96. The fourth-order valence-corrected chi connectivity index (χ4v) is 2.91. The minimum Gasteiger partial charge on any atom is -0.497 e. The van der Waals surface area contributed by atoms with Gasteiger partial charge >= 0.3 is 0 Å². The van der Waals surface area contributed by atoms with Gasteiger partial charge in [-0.15, -0.1) is 0 Å². The number of rotatable bonds is 6. The van der Waals surface area contributed by atoms with E-state index >= 15 is 0 Å². The van der Waals surface area contributed by atoms with Crippen molar-refractivity contribution in [3.63, 3.8) is 0 Å². The predicted molar refractivity (Wildman–Crippen MR) is 75.7 cm³/mol. The Kier molecular flexibility index (Phi) is 4.30. The zero-order valence-corrected chi connectivity index (χ0v) is 12.2. The van der Waals surface area contributed by atoms with Crippen LogP contribution in [0.1, 0.15) is 18.4 Å². The quantitative estimate of drug-likeness (QED) is 0.847. The third-order valence-corrected chi connectivity index (χ3v) is 4.73. The van der Waals surface area contributed by atoms with Crippen LogP contribution in [0.3, 0.4) is 0 Å². The van der Waals surface area contributed by atoms with Crippen LogP contribution in [-0.4, -0.2) is 25.4 Å². The lowest BCUT2D eigenvalue weighted by Gasteiger charge is -2.31. The first kappa shape index (κ1) is 13.8. The van der Waals surface area contributed by atoms with Crippen LogP contribution in [0.5, 0.6) is 5.75 Å². The molecule has 0 amide bonds. The van der Waals surface area contributed by atoms with Crippen molar-refractivity contribution >= 4 is 15.9 Å².